The van der Waals surface area contributed by atoms with Crippen molar-refractivity contribution < 1.29 is 8.42 Å². The van der Waals surface area contributed by atoms with Crippen LogP contribution in [0.1, 0.15) is 58.3 Å². The van der Waals surface area contributed by atoms with E-state index >= 15 is 0 Å². The van der Waals surface area contributed by atoms with E-state index in [0.29, 0.717) is 25.0 Å². The van der Waals surface area contributed by atoms with Crippen LogP contribution in [0.5, 0.6) is 0 Å². The molecule has 0 radical (unpaired) electrons. The number of sulfonamides is 1. The van der Waals surface area contributed by atoms with E-state index in [1.54, 1.807) is 4.31 Å². The lowest BCUT2D eigenvalue weighted by molar-refractivity contribution is 0.150. The first-order chi connectivity index (χ1) is 13.5. The van der Waals surface area contributed by atoms with Crippen molar-refractivity contribution in [2.45, 2.75) is 70.4 Å². The average Bonchev–Trinajstić information content (AvgIpc) is 3.21. The molecule has 2 heterocycles. The maximum atomic E-state index is 11.6. The van der Waals surface area contributed by atoms with Gasteiger partial charge in [0.2, 0.25) is 10.0 Å². The van der Waals surface area contributed by atoms with E-state index in [4.69, 9.17) is 4.99 Å². The summed E-state index contributed by atoms with van der Waals surface area (Å²) in [5.41, 5.74) is 0. The molecule has 0 spiro atoms. The van der Waals surface area contributed by atoms with E-state index in [2.05, 4.69) is 22.5 Å². The van der Waals surface area contributed by atoms with Crippen LogP contribution in [0.15, 0.2) is 4.99 Å². The molecule has 7 nitrogen and oxygen atoms in total. The first kappa shape index (κ1) is 25.1. The van der Waals surface area contributed by atoms with Gasteiger partial charge in [-0.1, -0.05) is 12.8 Å². The highest BCUT2D eigenvalue weighted by atomic mass is 127. The van der Waals surface area contributed by atoms with Gasteiger partial charge in [0, 0.05) is 51.4 Å². The lowest BCUT2D eigenvalue weighted by Crippen LogP contribution is -2.50. The highest BCUT2D eigenvalue weighted by molar-refractivity contribution is 14.0. The Morgan fingerprint density at radius 3 is 2.17 bits per heavy atom. The third-order valence-electron chi connectivity index (χ3n) is 6.61. The SMILES string of the molecule is CCNC(=NCC1CCN(S(C)(=O)=O)CC1)NC1CCN(C2CCCC2)CC1.I. The zero-order valence-electron chi connectivity index (χ0n) is 18.1. The maximum absolute atomic E-state index is 11.6. The third-order valence-corrected chi connectivity index (χ3v) is 7.91. The second-order valence-electron chi connectivity index (χ2n) is 8.72. The van der Waals surface area contributed by atoms with Gasteiger partial charge in [0.1, 0.15) is 0 Å². The molecule has 0 amide bonds. The highest BCUT2D eigenvalue weighted by Gasteiger charge is 2.28. The monoisotopic (exact) mass is 541 g/mol. The Hall–Kier alpha value is -0.130. The number of rotatable bonds is 6. The summed E-state index contributed by atoms with van der Waals surface area (Å²) in [4.78, 5) is 7.53. The van der Waals surface area contributed by atoms with Crippen LogP contribution in [0.2, 0.25) is 0 Å². The molecule has 0 aromatic carbocycles. The Kier molecular flexibility index (Phi) is 10.4. The van der Waals surface area contributed by atoms with E-state index in [-0.39, 0.29) is 24.0 Å². The normalized spacial score (nSPS) is 24.4. The molecular weight excluding hydrogens is 501 g/mol. The van der Waals surface area contributed by atoms with Gasteiger partial charge in [-0.25, -0.2) is 12.7 Å². The number of halogens is 1. The Balaban J connectivity index is 0.00000300. The summed E-state index contributed by atoms with van der Waals surface area (Å²) in [5, 5.41) is 7.03. The molecule has 2 aliphatic heterocycles. The van der Waals surface area contributed by atoms with Crippen molar-refractivity contribution in [3.63, 3.8) is 0 Å². The van der Waals surface area contributed by atoms with E-state index < -0.39 is 10.0 Å². The first-order valence-corrected chi connectivity index (χ1v) is 13.0. The predicted octanol–water partition coefficient (Wildman–Crippen LogP) is 2.24. The first-order valence-electron chi connectivity index (χ1n) is 11.2. The van der Waals surface area contributed by atoms with E-state index in [9.17, 15) is 8.42 Å². The number of hydrogen-bond acceptors (Lipinski definition) is 4. The van der Waals surface area contributed by atoms with Crippen LogP contribution in [-0.2, 0) is 10.0 Å². The molecule has 0 unspecified atom stereocenters. The number of aliphatic imine (C=N–C) groups is 1. The summed E-state index contributed by atoms with van der Waals surface area (Å²) in [6.07, 6.45) is 11.1. The molecule has 9 heteroatoms. The molecule has 0 aromatic heterocycles. The van der Waals surface area contributed by atoms with Gasteiger partial charge >= 0.3 is 0 Å². The number of guanidine groups is 1. The number of nitrogens with one attached hydrogen (secondary N) is 2. The summed E-state index contributed by atoms with van der Waals surface area (Å²) < 4.78 is 24.9. The average molecular weight is 542 g/mol. The summed E-state index contributed by atoms with van der Waals surface area (Å²) in [7, 11) is -3.05. The van der Waals surface area contributed by atoms with Crippen LogP contribution in [0, 0.1) is 5.92 Å². The van der Waals surface area contributed by atoms with E-state index in [1.807, 2.05) is 0 Å². The van der Waals surface area contributed by atoms with Crippen LogP contribution in [0.4, 0.5) is 0 Å². The third kappa shape index (κ3) is 7.81. The zero-order valence-corrected chi connectivity index (χ0v) is 21.3. The van der Waals surface area contributed by atoms with Gasteiger partial charge in [0.05, 0.1) is 6.26 Å². The minimum atomic E-state index is -3.05. The highest BCUT2D eigenvalue weighted by Crippen LogP contribution is 2.26. The quantitative estimate of drug-likeness (QED) is 0.307. The fourth-order valence-electron chi connectivity index (χ4n) is 4.84. The maximum Gasteiger partial charge on any atom is 0.211 e. The van der Waals surface area contributed by atoms with Gasteiger partial charge in [0.15, 0.2) is 5.96 Å². The molecule has 1 saturated carbocycles. The number of likely N-dealkylation sites (tertiary alicyclic amines) is 1. The van der Waals surface area contributed by atoms with Crippen molar-refractivity contribution in [1.82, 2.24) is 19.8 Å². The van der Waals surface area contributed by atoms with Gasteiger partial charge in [0.25, 0.3) is 0 Å². The topological polar surface area (TPSA) is 77.0 Å². The fourth-order valence-corrected chi connectivity index (χ4v) is 5.71. The van der Waals surface area contributed by atoms with Crippen LogP contribution < -0.4 is 10.6 Å². The lowest BCUT2D eigenvalue weighted by Gasteiger charge is -2.36. The summed E-state index contributed by atoms with van der Waals surface area (Å²) in [5.74, 6) is 1.39. The summed E-state index contributed by atoms with van der Waals surface area (Å²) in [6.45, 7) is 7.39. The van der Waals surface area contributed by atoms with Gasteiger partial charge < -0.3 is 15.5 Å². The van der Waals surface area contributed by atoms with Gasteiger partial charge in [-0.05, 0) is 51.4 Å². The molecule has 0 atom stereocenters. The van der Waals surface area contributed by atoms with E-state index in [1.165, 1.54) is 57.9 Å². The molecule has 2 N–H and O–H groups in total. The summed E-state index contributed by atoms with van der Waals surface area (Å²) >= 11 is 0. The second-order valence-corrected chi connectivity index (χ2v) is 10.7. The molecule has 3 rings (SSSR count). The Morgan fingerprint density at radius 2 is 1.62 bits per heavy atom. The smallest absolute Gasteiger partial charge is 0.211 e. The molecule has 1 aliphatic carbocycles. The van der Waals surface area contributed by atoms with Crippen LogP contribution in [-0.4, -0.2) is 81.2 Å². The van der Waals surface area contributed by atoms with Crippen molar-refractivity contribution in [1.29, 1.82) is 0 Å². The number of hydrogen-bond donors (Lipinski definition) is 2. The van der Waals surface area contributed by atoms with Gasteiger partial charge in [-0.2, -0.15) is 0 Å². The standard InChI is InChI=1S/C20H39N5O2S.HI/c1-3-21-20(22-16-17-8-14-25(15-9-17)28(2,26)27)23-18-10-12-24(13-11-18)19-6-4-5-7-19;/h17-19H,3-16H2,1-2H3,(H2,21,22,23);1H. The molecule has 3 fully saturated rings. The van der Waals surface area contributed by atoms with Crippen molar-refractivity contribution in [3.05, 3.63) is 0 Å². The van der Waals surface area contributed by atoms with Crippen molar-refractivity contribution in [3.8, 4) is 0 Å². The zero-order chi connectivity index (χ0) is 20.0. The predicted molar refractivity (Wildman–Crippen MR) is 131 cm³/mol. The second kappa shape index (κ2) is 12.0. The Morgan fingerprint density at radius 1 is 1.00 bits per heavy atom. The van der Waals surface area contributed by atoms with Crippen molar-refractivity contribution in [2.75, 3.05) is 45.5 Å². The largest absolute Gasteiger partial charge is 0.357 e. The number of piperidine rings is 2. The molecular formula is C20H40IN5O2S. The Labute approximate surface area is 194 Å². The summed E-state index contributed by atoms with van der Waals surface area (Å²) in [6, 6.07) is 1.34. The molecule has 170 valence electrons. The van der Waals surface area contributed by atoms with Crippen LogP contribution in [0.3, 0.4) is 0 Å². The minimum Gasteiger partial charge on any atom is -0.357 e. The van der Waals surface area contributed by atoms with Crippen LogP contribution in [0.25, 0.3) is 0 Å². The molecule has 0 bridgehead atoms. The van der Waals surface area contributed by atoms with Gasteiger partial charge in [-0.15, -0.1) is 24.0 Å². The lowest BCUT2D eigenvalue weighted by atomic mass is 9.98. The Bertz CT molecular complexity index is 608. The molecule has 0 aromatic rings. The minimum absolute atomic E-state index is 0. The van der Waals surface area contributed by atoms with Crippen molar-refractivity contribution >= 4 is 40.0 Å². The molecule has 2 saturated heterocycles. The fraction of sp³-hybridized carbons (Fsp3) is 0.950. The van der Waals surface area contributed by atoms with Gasteiger partial charge in [-0.3, -0.25) is 4.99 Å². The molecule has 29 heavy (non-hydrogen) atoms. The molecule has 3 aliphatic rings. The van der Waals surface area contributed by atoms with E-state index in [0.717, 1.165) is 37.9 Å². The number of nitrogens with zero attached hydrogens (tertiary/aromatic N) is 3. The van der Waals surface area contributed by atoms with Crippen molar-refractivity contribution in [2.24, 2.45) is 10.9 Å². The van der Waals surface area contributed by atoms with Crippen LogP contribution >= 0.6 is 24.0 Å².